The number of likely N-dealkylation sites (tertiary alicyclic amines) is 1. The first-order valence-corrected chi connectivity index (χ1v) is 9.13. The number of amides is 4. The SMILES string of the molecule is O=C(CN1C(=O)c2ccc([N+](=O)[O-])cc2C1=O)NC1CCN(C(=O)CCl)CC1. The van der Waals surface area contributed by atoms with E-state index in [1.807, 2.05) is 0 Å². The van der Waals surface area contributed by atoms with E-state index in [4.69, 9.17) is 11.6 Å². The zero-order valence-electron chi connectivity index (χ0n) is 14.7. The van der Waals surface area contributed by atoms with Crippen molar-refractivity contribution in [1.82, 2.24) is 15.1 Å². The number of rotatable bonds is 5. The summed E-state index contributed by atoms with van der Waals surface area (Å²) in [6.45, 7) is 0.460. The number of non-ortho nitro benzene ring substituents is 1. The lowest BCUT2D eigenvalue weighted by molar-refractivity contribution is -0.384. The van der Waals surface area contributed by atoms with E-state index in [1.165, 1.54) is 6.07 Å². The Morgan fingerprint density at radius 3 is 2.43 bits per heavy atom. The Labute approximate surface area is 164 Å². The van der Waals surface area contributed by atoms with Gasteiger partial charge >= 0.3 is 0 Å². The van der Waals surface area contributed by atoms with E-state index in [0.29, 0.717) is 25.9 Å². The third kappa shape index (κ3) is 3.81. The van der Waals surface area contributed by atoms with Crippen LogP contribution in [0.25, 0.3) is 0 Å². The molecule has 11 heteroatoms. The van der Waals surface area contributed by atoms with Gasteiger partial charge in [-0.05, 0) is 18.9 Å². The first-order chi connectivity index (χ1) is 13.3. The summed E-state index contributed by atoms with van der Waals surface area (Å²) in [5.41, 5.74) is -0.347. The molecule has 3 rings (SSSR count). The van der Waals surface area contributed by atoms with Crippen LogP contribution in [0.5, 0.6) is 0 Å². The Morgan fingerprint density at radius 1 is 1.18 bits per heavy atom. The smallest absolute Gasteiger partial charge is 0.270 e. The molecule has 148 valence electrons. The third-order valence-corrected chi connectivity index (χ3v) is 5.02. The molecule has 2 aliphatic rings. The summed E-state index contributed by atoms with van der Waals surface area (Å²) in [6, 6.07) is 3.22. The summed E-state index contributed by atoms with van der Waals surface area (Å²) in [4.78, 5) is 61.2. The number of benzene rings is 1. The van der Waals surface area contributed by atoms with E-state index in [9.17, 15) is 29.3 Å². The fourth-order valence-electron chi connectivity index (χ4n) is 3.31. The molecule has 1 N–H and O–H groups in total. The molecule has 2 aliphatic heterocycles. The molecule has 0 atom stereocenters. The van der Waals surface area contributed by atoms with Gasteiger partial charge in [0.05, 0.1) is 16.1 Å². The minimum absolute atomic E-state index is 0.0382. The fraction of sp³-hybridized carbons (Fsp3) is 0.412. The van der Waals surface area contributed by atoms with E-state index in [0.717, 1.165) is 17.0 Å². The minimum atomic E-state index is -0.735. The number of nitro groups is 1. The van der Waals surface area contributed by atoms with Crippen LogP contribution < -0.4 is 5.32 Å². The standard InChI is InChI=1S/C17H17ClN4O6/c18-8-15(24)20-5-3-10(4-6-20)19-14(23)9-21-16(25)12-2-1-11(22(27)28)7-13(12)17(21)26/h1-2,7,10H,3-6,8-9H2,(H,19,23). The number of hydrogen-bond acceptors (Lipinski definition) is 6. The van der Waals surface area contributed by atoms with Crippen molar-refractivity contribution in [3.8, 4) is 0 Å². The number of nitrogens with zero attached hydrogens (tertiary/aromatic N) is 3. The summed E-state index contributed by atoms with van der Waals surface area (Å²) in [6.07, 6.45) is 1.09. The first kappa shape index (κ1) is 19.7. The van der Waals surface area contributed by atoms with Crippen LogP contribution in [0.15, 0.2) is 18.2 Å². The number of imide groups is 1. The molecular formula is C17H17ClN4O6. The quantitative estimate of drug-likeness (QED) is 0.327. The van der Waals surface area contributed by atoms with Crippen LogP contribution in [0.4, 0.5) is 5.69 Å². The Bertz CT molecular complexity index is 865. The largest absolute Gasteiger partial charge is 0.352 e. The monoisotopic (exact) mass is 408 g/mol. The van der Waals surface area contributed by atoms with Crippen molar-refractivity contribution in [2.45, 2.75) is 18.9 Å². The normalized spacial score (nSPS) is 16.9. The highest BCUT2D eigenvalue weighted by Gasteiger charge is 2.38. The molecule has 1 fully saturated rings. The predicted octanol–water partition coefficient (Wildman–Crippen LogP) is 0.537. The summed E-state index contributed by atoms with van der Waals surface area (Å²) >= 11 is 5.53. The van der Waals surface area contributed by atoms with Gasteiger partial charge in [-0.1, -0.05) is 0 Å². The average Bonchev–Trinajstić information content (AvgIpc) is 2.92. The van der Waals surface area contributed by atoms with Crippen molar-refractivity contribution < 1.29 is 24.1 Å². The van der Waals surface area contributed by atoms with Crippen LogP contribution >= 0.6 is 11.6 Å². The van der Waals surface area contributed by atoms with Gasteiger partial charge in [0.25, 0.3) is 17.5 Å². The number of fused-ring (bicyclic) bond motifs is 1. The maximum Gasteiger partial charge on any atom is 0.270 e. The second-order valence-corrected chi connectivity index (χ2v) is 6.81. The molecule has 0 radical (unpaired) electrons. The number of alkyl halides is 1. The van der Waals surface area contributed by atoms with Gasteiger partial charge in [-0.25, -0.2) is 0 Å². The molecule has 4 amide bonds. The molecule has 10 nitrogen and oxygen atoms in total. The zero-order chi connectivity index (χ0) is 20.4. The number of carbonyl (C=O) groups is 4. The highest BCUT2D eigenvalue weighted by atomic mass is 35.5. The second kappa shape index (κ2) is 7.93. The van der Waals surface area contributed by atoms with Crippen molar-refractivity contribution in [3.63, 3.8) is 0 Å². The van der Waals surface area contributed by atoms with Crippen molar-refractivity contribution in [2.75, 3.05) is 25.5 Å². The summed E-state index contributed by atoms with van der Waals surface area (Å²) in [5, 5.41) is 13.6. The molecule has 0 aliphatic carbocycles. The third-order valence-electron chi connectivity index (χ3n) is 4.79. The van der Waals surface area contributed by atoms with Crippen LogP contribution in [-0.4, -0.2) is 69.9 Å². The molecule has 0 spiro atoms. The van der Waals surface area contributed by atoms with E-state index in [-0.39, 0.29) is 34.6 Å². The number of halogens is 1. The van der Waals surface area contributed by atoms with E-state index >= 15 is 0 Å². The van der Waals surface area contributed by atoms with E-state index < -0.39 is 29.2 Å². The molecule has 0 saturated carbocycles. The van der Waals surface area contributed by atoms with Crippen molar-refractivity contribution in [1.29, 1.82) is 0 Å². The number of carbonyl (C=O) groups excluding carboxylic acids is 4. The Kier molecular flexibility index (Phi) is 5.59. The fourth-order valence-corrected chi connectivity index (χ4v) is 3.48. The van der Waals surface area contributed by atoms with Crippen molar-refractivity contribution >= 4 is 40.9 Å². The van der Waals surface area contributed by atoms with Crippen LogP contribution in [0.2, 0.25) is 0 Å². The van der Waals surface area contributed by atoms with Gasteiger partial charge in [-0.3, -0.25) is 34.2 Å². The van der Waals surface area contributed by atoms with Crippen LogP contribution in [-0.2, 0) is 9.59 Å². The lowest BCUT2D eigenvalue weighted by Crippen LogP contribution is -2.49. The first-order valence-electron chi connectivity index (χ1n) is 8.59. The van der Waals surface area contributed by atoms with Gasteiger partial charge in [0.15, 0.2) is 0 Å². The maximum absolute atomic E-state index is 12.4. The molecule has 1 saturated heterocycles. The lowest BCUT2D eigenvalue weighted by atomic mass is 10.1. The van der Waals surface area contributed by atoms with Gasteiger partial charge in [0, 0.05) is 31.3 Å². The van der Waals surface area contributed by atoms with Gasteiger partial charge in [0.2, 0.25) is 11.8 Å². The molecule has 0 unspecified atom stereocenters. The van der Waals surface area contributed by atoms with Crippen LogP contribution in [0, 0.1) is 10.1 Å². The van der Waals surface area contributed by atoms with Crippen LogP contribution in [0.3, 0.4) is 0 Å². The highest BCUT2D eigenvalue weighted by Crippen LogP contribution is 2.26. The highest BCUT2D eigenvalue weighted by molar-refractivity contribution is 6.27. The summed E-state index contributed by atoms with van der Waals surface area (Å²) < 4.78 is 0. The van der Waals surface area contributed by atoms with Gasteiger partial charge < -0.3 is 10.2 Å². The minimum Gasteiger partial charge on any atom is -0.352 e. The molecule has 0 aromatic heterocycles. The van der Waals surface area contributed by atoms with E-state index in [2.05, 4.69) is 5.32 Å². The average molecular weight is 409 g/mol. The van der Waals surface area contributed by atoms with Crippen molar-refractivity contribution in [3.05, 3.63) is 39.4 Å². The van der Waals surface area contributed by atoms with Gasteiger partial charge in [-0.2, -0.15) is 0 Å². The zero-order valence-corrected chi connectivity index (χ0v) is 15.5. The number of nitro benzene ring substituents is 1. The van der Waals surface area contributed by atoms with Crippen LogP contribution in [0.1, 0.15) is 33.6 Å². The maximum atomic E-state index is 12.4. The Morgan fingerprint density at radius 2 is 1.82 bits per heavy atom. The summed E-state index contributed by atoms with van der Waals surface area (Å²) in [5.74, 6) is -2.15. The molecule has 2 heterocycles. The lowest BCUT2D eigenvalue weighted by Gasteiger charge is -2.32. The number of hydrogen-bond donors (Lipinski definition) is 1. The van der Waals surface area contributed by atoms with E-state index in [1.54, 1.807) is 4.90 Å². The Hall–Kier alpha value is -3.01. The van der Waals surface area contributed by atoms with Crippen molar-refractivity contribution in [2.24, 2.45) is 0 Å². The molecule has 28 heavy (non-hydrogen) atoms. The molecule has 0 bridgehead atoms. The molecule has 1 aromatic rings. The topological polar surface area (TPSA) is 130 Å². The number of piperidine rings is 1. The summed E-state index contributed by atoms with van der Waals surface area (Å²) in [7, 11) is 0. The predicted molar refractivity (Wildman–Crippen MR) is 96.9 cm³/mol. The molecule has 1 aromatic carbocycles. The Balaban J connectivity index is 1.59. The molecular weight excluding hydrogens is 392 g/mol. The second-order valence-electron chi connectivity index (χ2n) is 6.54. The van der Waals surface area contributed by atoms with Gasteiger partial charge in [-0.15, -0.1) is 11.6 Å². The number of nitrogens with one attached hydrogen (secondary N) is 1. The van der Waals surface area contributed by atoms with Gasteiger partial charge in [0.1, 0.15) is 12.4 Å².